The lowest BCUT2D eigenvalue weighted by atomic mass is 9.89. The number of carbonyl (C=O) groups excluding carboxylic acids is 1. The van der Waals surface area contributed by atoms with E-state index in [2.05, 4.69) is 46.3 Å². The molecular formula is C19H20BrNO. The van der Waals surface area contributed by atoms with Crippen molar-refractivity contribution in [3.8, 4) is 0 Å². The van der Waals surface area contributed by atoms with Gasteiger partial charge in [0.25, 0.3) is 5.91 Å². The lowest BCUT2D eigenvalue weighted by Crippen LogP contribution is -2.38. The molecule has 22 heavy (non-hydrogen) atoms. The predicted octanol–water partition coefficient (Wildman–Crippen LogP) is 4.78. The van der Waals surface area contributed by atoms with Crippen molar-refractivity contribution < 1.29 is 4.79 Å². The number of benzene rings is 2. The molecule has 0 spiro atoms. The molecule has 2 aromatic carbocycles. The maximum atomic E-state index is 12.7. The first-order valence-electron chi connectivity index (χ1n) is 7.75. The second-order valence-electron chi connectivity index (χ2n) is 5.94. The fourth-order valence-corrected chi connectivity index (χ4v) is 3.65. The Morgan fingerprint density at radius 2 is 1.77 bits per heavy atom. The Bertz CT molecular complexity index is 660. The van der Waals surface area contributed by atoms with Crippen molar-refractivity contribution in [3.05, 3.63) is 69.7 Å². The van der Waals surface area contributed by atoms with E-state index in [0.717, 1.165) is 41.5 Å². The summed E-state index contributed by atoms with van der Waals surface area (Å²) in [5.74, 6) is 0.743. The molecule has 0 saturated carbocycles. The lowest BCUT2D eigenvalue weighted by Gasteiger charge is -2.32. The Morgan fingerprint density at radius 1 is 1.09 bits per heavy atom. The summed E-state index contributed by atoms with van der Waals surface area (Å²) in [7, 11) is 0. The second kappa shape index (κ2) is 6.66. The Labute approximate surface area is 140 Å². The predicted molar refractivity (Wildman–Crippen MR) is 93.2 cm³/mol. The molecule has 3 heteroatoms. The van der Waals surface area contributed by atoms with Crippen LogP contribution in [0.3, 0.4) is 0 Å². The molecule has 0 atom stereocenters. The van der Waals surface area contributed by atoms with E-state index < -0.39 is 0 Å². The molecule has 0 aromatic heterocycles. The molecule has 1 aliphatic heterocycles. The number of likely N-dealkylation sites (tertiary alicyclic amines) is 1. The van der Waals surface area contributed by atoms with Crippen molar-refractivity contribution >= 4 is 21.8 Å². The highest BCUT2D eigenvalue weighted by Crippen LogP contribution is 2.29. The molecular weight excluding hydrogens is 338 g/mol. The average molecular weight is 358 g/mol. The third-order valence-electron chi connectivity index (χ3n) is 4.47. The van der Waals surface area contributed by atoms with Crippen molar-refractivity contribution in [1.82, 2.24) is 4.90 Å². The highest BCUT2D eigenvalue weighted by atomic mass is 79.9. The summed E-state index contributed by atoms with van der Waals surface area (Å²) in [5, 5.41) is 0. The normalized spacial score (nSPS) is 15.8. The van der Waals surface area contributed by atoms with Crippen LogP contribution in [0.15, 0.2) is 53.0 Å². The monoisotopic (exact) mass is 357 g/mol. The Balaban J connectivity index is 1.67. The number of hydrogen-bond acceptors (Lipinski definition) is 1. The van der Waals surface area contributed by atoms with E-state index in [1.807, 2.05) is 30.0 Å². The maximum Gasteiger partial charge on any atom is 0.254 e. The lowest BCUT2D eigenvalue weighted by molar-refractivity contribution is 0.0712. The average Bonchev–Trinajstić information content (AvgIpc) is 2.55. The van der Waals surface area contributed by atoms with Gasteiger partial charge in [0.15, 0.2) is 0 Å². The van der Waals surface area contributed by atoms with Gasteiger partial charge in [-0.25, -0.2) is 0 Å². The van der Waals surface area contributed by atoms with E-state index >= 15 is 0 Å². The SMILES string of the molecule is Cc1cc(Br)ccc1C(=O)N1CCC(c2ccccc2)CC1. The molecule has 1 fully saturated rings. The number of rotatable bonds is 2. The number of carbonyl (C=O) groups is 1. The molecule has 3 rings (SSSR count). The van der Waals surface area contributed by atoms with E-state index in [4.69, 9.17) is 0 Å². The highest BCUT2D eigenvalue weighted by molar-refractivity contribution is 9.10. The van der Waals surface area contributed by atoms with Crippen LogP contribution in [0.5, 0.6) is 0 Å². The molecule has 0 unspecified atom stereocenters. The van der Waals surface area contributed by atoms with Crippen molar-refractivity contribution in [2.45, 2.75) is 25.7 Å². The van der Waals surface area contributed by atoms with Crippen LogP contribution in [0.25, 0.3) is 0 Å². The number of aryl methyl sites for hydroxylation is 1. The van der Waals surface area contributed by atoms with Gasteiger partial charge in [-0.2, -0.15) is 0 Å². The largest absolute Gasteiger partial charge is 0.339 e. The molecule has 1 aliphatic rings. The van der Waals surface area contributed by atoms with Gasteiger partial charge in [-0.15, -0.1) is 0 Å². The van der Waals surface area contributed by atoms with Crippen molar-refractivity contribution in [2.24, 2.45) is 0 Å². The molecule has 1 amide bonds. The van der Waals surface area contributed by atoms with Crippen LogP contribution in [0.1, 0.15) is 40.2 Å². The van der Waals surface area contributed by atoms with Crippen LogP contribution < -0.4 is 0 Å². The van der Waals surface area contributed by atoms with Crippen LogP contribution >= 0.6 is 15.9 Å². The summed E-state index contributed by atoms with van der Waals surface area (Å²) >= 11 is 3.45. The van der Waals surface area contributed by atoms with Gasteiger partial charge in [0.2, 0.25) is 0 Å². The van der Waals surface area contributed by atoms with Crippen LogP contribution in [0.4, 0.5) is 0 Å². The zero-order chi connectivity index (χ0) is 15.5. The van der Waals surface area contributed by atoms with Crippen LogP contribution in [-0.4, -0.2) is 23.9 Å². The van der Waals surface area contributed by atoms with E-state index in [1.165, 1.54) is 5.56 Å². The van der Waals surface area contributed by atoms with Gasteiger partial charge in [0, 0.05) is 23.1 Å². The van der Waals surface area contributed by atoms with Gasteiger partial charge in [-0.3, -0.25) is 4.79 Å². The minimum absolute atomic E-state index is 0.163. The molecule has 0 aliphatic carbocycles. The summed E-state index contributed by atoms with van der Waals surface area (Å²) in [6.45, 7) is 3.68. The Hall–Kier alpha value is -1.61. The van der Waals surface area contributed by atoms with Crippen LogP contribution in [0, 0.1) is 6.92 Å². The zero-order valence-corrected chi connectivity index (χ0v) is 14.3. The third kappa shape index (κ3) is 3.25. The summed E-state index contributed by atoms with van der Waals surface area (Å²) in [6.07, 6.45) is 2.09. The first-order valence-corrected chi connectivity index (χ1v) is 8.55. The van der Waals surface area contributed by atoms with Gasteiger partial charge in [0.1, 0.15) is 0 Å². The number of amides is 1. The van der Waals surface area contributed by atoms with Crippen molar-refractivity contribution in [2.75, 3.05) is 13.1 Å². The summed E-state index contributed by atoms with van der Waals surface area (Å²) in [5.41, 5.74) is 3.25. The molecule has 0 bridgehead atoms. The highest BCUT2D eigenvalue weighted by Gasteiger charge is 2.25. The topological polar surface area (TPSA) is 20.3 Å². The smallest absolute Gasteiger partial charge is 0.254 e. The zero-order valence-electron chi connectivity index (χ0n) is 12.8. The third-order valence-corrected chi connectivity index (χ3v) is 4.97. The maximum absolute atomic E-state index is 12.7. The molecule has 2 nitrogen and oxygen atoms in total. The molecule has 0 N–H and O–H groups in total. The van der Waals surface area contributed by atoms with Crippen LogP contribution in [-0.2, 0) is 0 Å². The van der Waals surface area contributed by atoms with Crippen molar-refractivity contribution in [1.29, 1.82) is 0 Å². The molecule has 1 heterocycles. The van der Waals surface area contributed by atoms with E-state index in [-0.39, 0.29) is 5.91 Å². The van der Waals surface area contributed by atoms with Gasteiger partial charge < -0.3 is 4.90 Å². The second-order valence-corrected chi connectivity index (χ2v) is 6.85. The fourth-order valence-electron chi connectivity index (χ4n) is 3.18. The van der Waals surface area contributed by atoms with E-state index in [9.17, 15) is 4.79 Å². The van der Waals surface area contributed by atoms with Gasteiger partial charge >= 0.3 is 0 Å². The minimum Gasteiger partial charge on any atom is -0.339 e. The van der Waals surface area contributed by atoms with Gasteiger partial charge in [-0.05, 0) is 55.0 Å². The molecule has 1 saturated heterocycles. The molecule has 2 aromatic rings. The number of halogens is 1. The summed E-state index contributed by atoms with van der Waals surface area (Å²) < 4.78 is 1.02. The number of nitrogens with zero attached hydrogens (tertiary/aromatic N) is 1. The first-order chi connectivity index (χ1) is 10.6. The van der Waals surface area contributed by atoms with Crippen molar-refractivity contribution in [3.63, 3.8) is 0 Å². The molecule has 0 radical (unpaired) electrons. The van der Waals surface area contributed by atoms with Crippen LogP contribution in [0.2, 0.25) is 0 Å². The fraction of sp³-hybridized carbons (Fsp3) is 0.316. The Morgan fingerprint density at radius 3 is 2.41 bits per heavy atom. The number of piperidine rings is 1. The number of hydrogen-bond donors (Lipinski definition) is 0. The minimum atomic E-state index is 0.163. The molecule has 114 valence electrons. The van der Waals surface area contributed by atoms with E-state index in [1.54, 1.807) is 0 Å². The first kappa shape index (κ1) is 15.3. The quantitative estimate of drug-likeness (QED) is 0.757. The van der Waals surface area contributed by atoms with E-state index in [0.29, 0.717) is 5.92 Å². The standard InChI is InChI=1S/C19H20BrNO/c1-14-13-17(20)7-8-18(14)19(22)21-11-9-16(10-12-21)15-5-3-2-4-6-15/h2-8,13,16H,9-12H2,1H3. The summed E-state index contributed by atoms with van der Waals surface area (Å²) in [6, 6.07) is 16.5. The Kier molecular flexibility index (Phi) is 4.63. The van der Waals surface area contributed by atoms with Gasteiger partial charge in [0.05, 0.1) is 0 Å². The summed E-state index contributed by atoms with van der Waals surface area (Å²) in [4.78, 5) is 14.7. The van der Waals surface area contributed by atoms with Gasteiger partial charge in [-0.1, -0.05) is 46.3 Å².